The first-order valence-electron chi connectivity index (χ1n) is 7.00. The van der Waals surface area contributed by atoms with Gasteiger partial charge in [0.05, 0.1) is 22.7 Å². The van der Waals surface area contributed by atoms with Crippen LogP contribution in [0.15, 0.2) is 59.5 Å². The molecule has 0 aliphatic carbocycles. The number of benzene rings is 1. The predicted octanol–water partition coefficient (Wildman–Crippen LogP) is 4.46. The van der Waals surface area contributed by atoms with Gasteiger partial charge in [-0.2, -0.15) is 0 Å². The molecule has 0 saturated carbocycles. The van der Waals surface area contributed by atoms with Gasteiger partial charge < -0.3 is 4.57 Å². The predicted molar refractivity (Wildman–Crippen MR) is 95.0 cm³/mol. The van der Waals surface area contributed by atoms with Crippen molar-refractivity contribution in [3.05, 3.63) is 64.3 Å². The van der Waals surface area contributed by atoms with Gasteiger partial charge in [-0.05, 0) is 41.4 Å². The molecule has 1 aromatic carbocycles. The minimum absolute atomic E-state index is 0.269. The highest BCUT2D eigenvalue weighted by Crippen LogP contribution is 2.37. The second kappa shape index (κ2) is 5.40. The highest BCUT2D eigenvalue weighted by atomic mass is 32.2. The maximum absolute atomic E-state index is 12.2. The number of carbonyl (C=O) groups excluding carboxylic acids is 2. The topological polar surface area (TPSA) is 42.3 Å². The van der Waals surface area contributed by atoms with Crippen molar-refractivity contribution in [3.8, 4) is 0 Å². The fraction of sp³-hybridized carbons (Fsp3) is 0.0588. The van der Waals surface area contributed by atoms with Gasteiger partial charge in [-0.1, -0.05) is 18.7 Å². The average Bonchev–Trinajstić information content (AvgIpc) is 3.23. The Hall–Kier alpha value is -2.31. The fourth-order valence-corrected chi connectivity index (χ4v) is 4.09. The van der Waals surface area contributed by atoms with Crippen molar-refractivity contribution in [1.29, 1.82) is 0 Å². The zero-order valence-electron chi connectivity index (χ0n) is 12.1. The number of aromatic nitrogens is 1. The van der Waals surface area contributed by atoms with Gasteiger partial charge in [-0.3, -0.25) is 9.59 Å². The first-order valence-corrected chi connectivity index (χ1v) is 8.70. The van der Waals surface area contributed by atoms with Crippen LogP contribution in [-0.4, -0.2) is 15.7 Å². The molecule has 0 N–H and O–H groups in total. The van der Waals surface area contributed by atoms with Crippen LogP contribution < -0.4 is 4.90 Å². The molecule has 0 spiro atoms. The van der Waals surface area contributed by atoms with Gasteiger partial charge in [-0.25, -0.2) is 4.90 Å². The standard InChI is InChI=1S/C17H12N2O2S2/c1-11-16(20)19(17(21)23-11)15-6-2-5-14-13(15)7-8-18(14)10-12-4-3-9-22-12/h2-9H,1,10H2. The average molecular weight is 340 g/mol. The summed E-state index contributed by atoms with van der Waals surface area (Å²) in [5.41, 5.74) is 1.62. The smallest absolute Gasteiger partial charge is 0.298 e. The second-order valence-electron chi connectivity index (χ2n) is 5.16. The molecular formula is C17H12N2O2S2. The van der Waals surface area contributed by atoms with Crippen LogP contribution in [0.5, 0.6) is 0 Å². The summed E-state index contributed by atoms with van der Waals surface area (Å²) in [4.78, 5) is 27.0. The largest absolute Gasteiger partial charge is 0.342 e. The van der Waals surface area contributed by atoms with Gasteiger partial charge in [0.2, 0.25) is 0 Å². The number of carbonyl (C=O) groups is 2. The Bertz CT molecular complexity index is 941. The number of hydrogen-bond acceptors (Lipinski definition) is 4. The zero-order valence-corrected chi connectivity index (χ0v) is 13.7. The van der Waals surface area contributed by atoms with E-state index in [2.05, 4.69) is 22.6 Å². The number of thiophene rings is 1. The van der Waals surface area contributed by atoms with Crippen LogP contribution in [0.1, 0.15) is 4.88 Å². The lowest BCUT2D eigenvalue weighted by atomic mass is 10.2. The van der Waals surface area contributed by atoms with E-state index in [-0.39, 0.29) is 16.1 Å². The van der Waals surface area contributed by atoms with Crippen molar-refractivity contribution in [2.75, 3.05) is 4.90 Å². The number of nitrogens with zero attached hydrogens (tertiary/aromatic N) is 2. The Kier molecular flexibility index (Phi) is 3.36. The number of hydrogen-bond donors (Lipinski definition) is 0. The van der Waals surface area contributed by atoms with E-state index in [1.807, 2.05) is 30.5 Å². The van der Waals surface area contributed by atoms with E-state index in [0.29, 0.717) is 5.69 Å². The quantitative estimate of drug-likeness (QED) is 0.661. The molecule has 3 aromatic rings. The van der Waals surface area contributed by atoms with Crippen molar-refractivity contribution in [3.63, 3.8) is 0 Å². The molecule has 6 heteroatoms. The summed E-state index contributed by atoms with van der Waals surface area (Å²) >= 11 is 2.59. The summed E-state index contributed by atoms with van der Waals surface area (Å²) in [6, 6.07) is 11.7. The third-order valence-electron chi connectivity index (χ3n) is 3.77. The van der Waals surface area contributed by atoms with Crippen LogP contribution in [0.3, 0.4) is 0 Å². The van der Waals surface area contributed by atoms with E-state index in [1.54, 1.807) is 17.4 Å². The van der Waals surface area contributed by atoms with Crippen molar-refractivity contribution in [1.82, 2.24) is 4.57 Å². The van der Waals surface area contributed by atoms with Gasteiger partial charge in [-0.15, -0.1) is 11.3 Å². The molecule has 0 bridgehead atoms. The lowest BCUT2D eigenvalue weighted by Crippen LogP contribution is -2.27. The van der Waals surface area contributed by atoms with E-state index >= 15 is 0 Å². The molecule has 1 aliphatic rings. The van der Waals surface area contributed by atoms with Crippen LogP contribution in [0.25, 0.3) is 10.9 Å². The summed E-state index contributed by atoms with van der Waals surface area (Å²) in [6.45, 7) is 4.42. The monoisotopic (exact) mass is 340 g/mol. The molecule has 114 valence electrons. The van der Waals surface area contributed by atoms with Gasteiger partial charge in [0.1, 0.15) is 0 Å². The molecule has 2 amide bonds. The number of fused-ring (bicyclic) bond motifs is 1. The molecule has 3 heterocycles. The van der Waals surface area contributed by atoms with Crippen LogP contribution in [0.4, 0.5) is 10.5 Å². The Morgan fingerprint density at radius 2 is 1.96 bits per heavy atom. The summed E-state index contributed by atoms with van der Waals surface area (Å²) in [6.07, 6.45) is 1.99. The SMILES string of the molecule is C=C1SC(=O)N(c2cccc3c2ccn3Cc2cccs2)C1=O. The van der Waals surface area contributed by atoms with E-state index in [4.69, 9.17) is 0 Å². The first-order chi connectivity index (χ1) is 11.1. The summed E-state index contributed by atoms with van der Waals surface area (Å²) in [7, 11) is 0. The first kappa shape index (κ1) is 14.3. The minimum Gasteiger partial charge on any atom is -0.342 e. The van der Waals surface area contributed by atoms with Crippen LogP contribution in [-0.2, 0) is 11.3 Å². The lowest BCUT2D eigenvalue weighted by Gasteiger charge is -2.14. The summed E-state index contributed by atoms with van der Waals surface area (Å²) < 4.78 is 2.12. The molecule has 0 unspecified atom stereocenters. The van der Waals surface area contributed by atoms with Gasteiger partial charge in [0, 0.05) is 16.5 Å². The number of rotatable bonds is 3. The minimum atomic E-state index is -0.335. The van der Waals surface area contributed by atoms with Crippen molar-refractivity contribution in [2.24, 2.45) is 0 Å². The maximum atomic E-state index is 12.2. The number of thioether (sulfide) groups is 1. The Morgan fingerprint density at radius 1 is 1.09 bits per heavy atom. The number of anilines is 1. The van der Waals surface area contributed by atoms with Crippen LogP contribution >= 0.6 is 23.1 Å². The molecular weight excluding hydrogens is 328 g/mol. The third kappa shape index (κ3) is 2.31. The molecule has 0 radical (unpaired) electrons. The Balaban J connectivity index is 1.80. The van der Waals surface area contributed by atoms with Crippen LogP contribution in [0, 0.1) is 0 Å². The number of imide groups is 1. The number of amides is 2. The Morgan fingerprint density at radius 3 is 2.65 bits per heavy atom. The lowest BCUT2D eigenvalue weighted by molar-refractivity contribution is -0.113. The van der Waals surface area contributed by atoms with Crippen molar-refractivity contribution in [2.45, 2.75) is 6.54 Å². The molecule has 2 aromatic heterocycles. The normalized spacial score (nSPS) is 15.1. The summed E-state index contributed by atoms with van der Waals surface area (Å²) in [5.74, 6) is -0.335. The molecule has 1 aliphatic heterocycles. The molecule has 4 rings (SSSR count). The van der Waals surface area contributed by atoms with Gasteiger partial charge in [0.25, 0.3) is 11.1 Å². The summed E-state index contributed by atoms with van der Waals surface area (Å²) in [5, 5.41) is 2.65. The van der Waals surface area contributed by atoms with Gasteiger partial charge in [0.15, 0.2) is 0 Å². The highest BCUT2D eigenvalue weighted by molar-refractivity contribution is 8.18. The van der Waals surface area contributed by atoms with Crippen molar-refractivity contribution >= 4 is 50.8 Å². The molecule has 1 fully saturated rings. The third-order valence-corrected chi connectivity index (χ3v) is 5.41. The highest BCUT2D eigenvalue weighted by Gasteiger charge is 2.36. The fourth-order valence-electron chi connectivity index (χ4n) is 2.72. The van der Waals surface area contributed by atoms with Crippen LogP contribution in [0.2, 0.25) is 0 Å². The molecule has 23 heavy (non-hydrogen) atoms. The van der Waals surface area contributed by atoms with E-state index in [0.717, 1.165) is 29.2 Å². The zero-order chi connectivity index (χ0) is 16.0. The Labute approximate surface area is 141 Å². The molecule has 0 atom stereocenters. The molecule has 4 nitrogen and oxygen atoms in total. The van der Waals surface area contributed by atoms with E-state index in [9.17, 15) is 9.59 Å². The molecule has 1 saturated heterocycles. The van der Waals surface area contributed by atoms with Crippen molar-refractivity contribution < 1.29 is 9.59 Å². The van der Waals surface area contributed by atoms with Gasteiger partial charge >= 0.3 is 0 Å². The second-order valence-corrected chi connectivity index (χ2v) is 7.24. The van der Waals surface area contributed by atoms with E-state index in [1.165, 1.54) is 9.78 Å². The van der Waals surface area contributed by atoms with E-state index < -0.39 is 0 Å². The maximum Gasteiger partial charge on any atom is 0.298 e.